The lowest BCUT2D eigenvalue weighted by Crippen LogP contribution is -2.40. The second-order valence-electron chi connectivity index (χ2n) is 11.7. The summed E-state index contributed by atoms with van der Waals surface area (Å²) >= 11 is 0. The average Bonchev–Trinajstić information content (AvgIpc) is 2.82. The van der Waals surface area contributed by atoms with Gasteiger partial charge in [0, 0.05) is 22.8 Å². The van der Waals surface area contributed by atoms with E-state index < -0.39 is 11.7 Å². The molecule has 200 valence electrons. The molecule has 0 aliphatic heterocycles. The number of benzene rings is 1. The number of carbonyl (C=O) groups excluding carboxylic acids is 1. The molecule has 4 nitrogen and oxygen atoms in total. The number of aliphatic hydroxyl groups excluding tert-OH is 1. The zero-order chi connectivity index (χ0) is 26.8. The summed E-state index contributed by atoms with van der Waals surface area (Å²) in [6.07, 6.45) is 18.2. The van der Waals surface area contributed by atoms with Crippen LogP contribution in [0.2, 0.25) is 0 Å². The van der Waals surface area contributed by atoms with Crippen LogP contribution >= 0.6 is 0 Å². The topological polar surface area (TPSA) is 55.8 Å². The summed E-state index contributed by atoms with van der Waals surface area (Å²) in [4.78, 5) is 11.9. The maximum absolute atomic E-state index is 11.9. The first-order chi connectivity index (χ1) is 17.6. The van der Waals surface area contributed by atoms with Crippen molar-refractivity contribution in [3.63, 3.8) is 0 Å². The van der Waals surface area contributed by atoms with Crippen LogP contribution in [0, 0.1) is 22.7 Å². The molecule has 0 bridgehead atoms. The lowest BCUT2D eigenvalue weighted by Gasteiger charge is -2.43. The molecule has 2 saturated carbocycles. The Bertz CT molecular complexity index is 1030. The van der Waals surface area contributed by atoms with Gasteiger partial charge < -0.3 is 14.6 Å². The van der Waals surface area contributed by atoms with Crippen LogP contribution in [0.4, 0.5) is 0 Å². The highest BCUT2D eigenvalue weighted by Crippen LogP contribution is 2.47. The maximum Gasteiger partial charge on any atom is 0.332 e. The Balaban J connectivity index is 1.54. The second kappa shape index (κ2) is 13.3. The van der Waals surface area contributed by atoms with Crippen molar-refractivity contribution in [1.82, 2.24) is 0 Å². The maximum atomic E-state index is 11.9. The highest BCUT2D eigenvalue weighted by Gasteiger charge is 2.41. The van der Waals surface area contributed by atoms with Gasteiger partial charge in [0.15, 0.2) is 0 Å². The van der Waals surface area contributed by atoms with Crippen molar-refractivity contribution in [1.29, 1.82) is 0 Å². The van der Waals surface area contributed by atoms with Crippen molar-refractivity contribution >= 4 is 5.97 Å². The van der Waals surface area contributed by atoms with E-state index in [0.717, 1.165) is 37.7 Å². The zero-order valence-electron chi connectivity index (χ0n) is 23.1. The van der Waals surface area contributed by atoms with Crippen LogP contribution in [0.25, 0.3) is 0 Å². The van der Waals surface area contributed by atoms with Crippen LogP contribution in [-0.4, -0.2) is 36.0 Å². The number of carbonyl (C=O) groups is 1. The molecule has 37 heavy (non-hydrogen) atoms. The number of aliphatic hydroxyl groups is 1. The average molecular weight is 505 g/mol. The molecule has 0 saturated heterocycles. The Labute approximate surface area is 223 Å². The number of hydrogen-bond acceptors (Lipinski definition) is 4. The fourth-order valence-corrected chi connectivity index (χ4v) is 5.15. The molecule has 2 aliphatic rings. The van der Waals surface area contributed by atoms with E-state index >= 15 is 0 Å². The molecule has 2 atom stereocenters. The molecule has 4 heteroatoms. The molecule has 1 N–H and O–H groups in total. The SMILES string of the molecule is CC(C)(C)OC(=O)COC/C=C1\CCCC[C@@]1(C)/C=C/C=C/C(O)C1(CC#Cc2ccccc2)CCC1. The number of ether oxygens (including phenoxy) is 2. The van der Waals surface area contributed by atoms with Crippen LogP contribution in [0.15, 0.2) is 66.3 Å². The lowest BCUT2D eigenvalue weighted by molar-refractivity contribution is -0.159. The molecule has 0 radical (unpaired) electrons. The summed E-state index contributed by atoms with van der Waals surface area (Å²) < 4.78 is 10.9. The Hall–Kier alpha value is -2.61. The molecule has 2 fully saturated rings. The van der Waals surface area contributed by atoms with E-state index in [1.165, 1.54) is 18.4 Å². The summed E-state index contributed by atoms with van der Waals surface area (Å²) in [5.41, 5.74) is 1.69. The largest absolute Gasteiger partial charge is 0.458 e. The molecular formula is C33H44O4. The predicted octanol–water partition coefficient (Wildman–Crippen LogP) is 6.94. The number of rotatable bonds is 9. The van der Waals surface area contributed by atoms with Gasteiger partial charge in [-0.1, -0.05) is 85.8 Å². The molecule has 1 aromatic carbocycles. The van der Waals surface area contributed by atoms with Crippen molar-refractivity contribution in [2.75, 3.05) is 13.2 Å². The third kappa shape index (κ3) is 9.02. The standard InChI is InChI=1S/C33H44O4/c1-31(2,3)37-30(35)26-36-25-19-28-17-8-10-20-32(28,4)21-11-9-18-29(34)33(23-13-24-33)22-12-16-27-14-6-5-7-15-27/h5-7,9,11,14-15,18-19,21,29,34H,8,10,13,17,20,22-26H2,1-4H3/b18-9+,21-11+,28-19+/t29?,32-/m0/s1. The Kier molecular flexibility index (Phi) is 10.4. The smallest absolute Gasteiger partial charge is 0.332 e. The summed E-state index contributed by atoms with van der Waals surface area (Å²) in [5, 5.41) is 11.0. The van der Waals surface area contributed by atoms with Gasteiger partial charge in [-0.25, -0.2) is 4.79 Å². The van der Waals surface area contributed by atoms with Gasteiger partial charge in [0.05, 0.1) is 12.7 Å². The van der Waals surface area contributed by atoms with Crippen molar-refractivity contribution in [3.8, 4) is 11.8 Å². The highest BCUT2D eigenvalue weighted by atomic mass is 16.6. The summed E-state index contributed by atoms with van der Waals surface area (Å²) in [6, 6.07) is 10.0. The number of esters is 1. The van der Waals surface area contributed by atoms with E-state index in [2.05, 4.69) is 37.0 Å². The number of hydrogen-bond donors (Lipinski definition) is 1. The van der Waals surface area contributed by atoms with Gasteiger partial charge in [0.1, 0.15) is 12.2 Å². The van der Waals surface area contributed by atoms with Crippen molar-refractivity contribution in [2.24, 2.45) is 10.8 Å². The normalized spacial score (nSPS) is 23.4. The van der Waals surface area contributed by atoms with E-state index in [-0.39, 0.29) is 23.4 Å². The Morgan fingerprint density at radius 1 is 1.11 bits per heavy atom. The molecule has 0 heterocycles. The van der Waals surface area contributed by atoms with Crippen molar-refractivity contribution < 1.29 is 19.4 Å². The quantitative estimate of drug-likeness (QED) is 0.130. The zero-order valence-corrected chi connectivity index (χ0v) is 23.1. The highest BCUT2D eigenvalue weighted by molar-refractivity contribution is 5.71. The van der Waals surface area contributed by atoms with Crippen LogP contribution in [0.3, 0.4) is 0 Å². The molecule has 3 rings (SSSR count). The minimum atomic E-state index is -0.499. The first-order valence-electron chi connectivity index (χ1n) is 13.7. The van der Waals surface area contributed by atoms with Gasteiger partial charge >= 0.3 is 5.97 Å². The molecular weight excluding hydrogens is 460 g/mol. The summed E-state index contributed by atoms with van der Waals surface area (Å²) in [6.45, 7) is 8.19. The minimum Gasteiger partial charge on any atom is -0.458 e. The van der Waals surface area contributed by atoms with E-state index in [1.807, 2.05) is 63.3 Å². The fraction of sp³-hybridized carbons (Fsp3) is 0.545. The van der Waals surface area contributed by atoms with Crippen LogP contribution < -0.4 is 0 Å². The van der Waals surface area contributed by atoms with Gasteiger partial charge in [-0.15, -0.1) is 0 Å². The van der Waals surface area contributed by atoms with Gasteiger partial charge in [-0.05, 0) is 65.0 Å². The molecule has 1 aromatic rings. The van der Waals surface area contributed by atoms with E-state index in [9.17, 15) is 9.90 Å². The molecule has 0 aromatic heterocycles. The van der Waals surface area contributed by atoms with Crippen molar-refractivity contribution in [3.05, 3.63) is 71.8 Å². The Morgan fingerprint density at radius 3 is 2.54 bits per heavy atom. The molecule has 2 aliphatic carbocycles. The van der Waals surface area contributed by atoms with Gasteiger partial charge in [-0.2, -0.15) is 0 Å². The van der Waals surface area contributed by atoms with Crippen molar-refractivity contribution in [2.45, 2.75) is 90.8 Å². The van der Waals surface area contributed by atoms with E-state index in [1.54, 1.807) is 0 Å². The van der Waals surface area contributed by atoms with Crippen LogP contribution in [0.5, 0.6) is 0 Å². The first kappa shape index (κ1) is 29.0. The van der Waals surface area contributed by atoms with E-state index in [0.29, 0.717) is 13.0 Å². The second-order valence-corrected chi connectivity index (χ2v) is 11.7. The predicted molar refractivity (Wildman–Crippen MR) is 150 cm³/mol. The van der Waals surface area contributed by atoms with Gasteiger partial charge in [0.25, 0.3) is 0 Å². The fourth-order valence-electron chi connectivity index (χ4n) is 5.15. The van der Waals surface area contributed by atoms with E-state index in [4.69, 9.17) is 9.47 Å². The molecule has 0 amide bonds. The summed E-state index contributed by atoms with van der Waals surface area (Å²) in [7, 11) is 0. The molecule has 1 unspecified atom stereocenters. The van der Waals surface area contributed by atoms with Crippen LogP contribution in [-0.2, 0) is 14.3 Å². The van der Waals surface area contributed by atoms with Gasteiger partial charge in [-0.3, -0.25) is 0 Å². The number of allylic oxidation sites excluding steroid dienone is 4. The first-order valence-corrected chi connectivity index (χ1v) is 13.7. The lowest BCUT2D eigenvalue weighted by atomic mass is 9.63. The summed E-state index contributed by atoms with van der Waals surface area (Å²) in [5.74, 6) is 6.21. The molecule has 0 spiro atoms. The van der Waals surface area contributed by atoms with Gasteiger partial charge in [0.2, 0.25) is 0 Å². The van der Waals surface area contributed by atoms with Crippen LogP contribution in [0.1, 0.15) is 84.6 Å². The minimum absolute atomic E-state index is 0.0360. The third-order valence-electron chi connectivity index (χ3n) is 7.51. The monoisotopic (exact) mass is 504 g/mol. The Morgan fingerprint density at radius 2 is 1.86 bits per heavy atom. The third-order valence-corrected chi connectivity index (χ3v) is 7.51.